The Labute approximate surface area is 112 Å². The maximum atomic E-state index is 11.3. The number of unbranched alkanes of at least 4 members (excludes halogenated alkanes) is 2. The molecular weight excluding hydrogens is 240 g/mol. The van der Waals surface area contributed by atoms with Crippen LogP contribution in [-0.4, -0.2) is 21.3 Å². The van der Waals surface area contributed by atoms with Gasteiger partial charge in [0, 0.05) is 25.1 Å². The molecule has 0 spiro atoms. The highest BCUT2D eigenvalue weighted by Gasteiger charge is 2.19. The van der Waals surface area contributed by atoms with Crippen LogP contribution < -0.4 is 0 Å². The van der Waals surface area contributed by atoms with Gasteiger partial charge in [-0.25, -0.2) is 9.67 Å². The molecular formula is C14H18N4O. The van der Waals surface area contributed by atoms with Gasteiger partial charge in [0.2, 0.25) is 0 Å². The molecule has 1 aliphatic carbocycles. The fourth-order valence-electron chi connectivity index (χ4n) is 2.18. The van der Waals surface area contributed by atoms with Crippen LogP contribution in [0.5, 0.6) is 0 Å². The van der Waals surface area contributed by atoms with E-state index in [1.807, 2.05) is 0 Å². The van der Waals surface area contributed by atoms with E-state index in [1.165, 1.54) is 0 Å². The van der Waals surface area contributed by atoms with E-state index in [0.717, 1.165) is 31.5 Å². The molecule has 0 amide bonds. The molecule has 0 aromatic carbocycles. The molecule has 0 unspecified atom stereocenters. The second-order valence-corrected chi connectivity index (χ2v) is 4.82. The monoisotopic (exact) mass is 258 g/mol. The predicted octanol–water partition coefficient (Wildman–Crippen LogP) is 2.77. The number of hydrogen-bond acceptors (Lipinski definition) is 4. The molecule has 1 aromatic heterocycles. The van der Waals surface area contributed by atoms with Gasteiger partial charge in [-0.3, -0.25) is 4.79 Å². The van der Waals surface area contributed by atoms with Gasteiger partial charge in [-0.15, -0.1) is 0 Å². The average molecular weight is 258 g/mol. The lowest BCUT2D eigenvalue weighted by Gasteiger charge is -2.04. The summed E-state index contributed by atoms with van der Waals surface area (Å²) in [7, 11) is 0. The van der Waals surface area contributed by atoms with Gasteiger partial charge in [-0.2, -0.15) is 10.4 Å². The van der Waals surface area contributed by atoms with E-state index < -0.39 is 0 Å². The van der Waals surface area contributed by atoms with E-state index in [4.69, 9.17) is 5.26 Å². The molecule has 0 radical (unpaired) electrons. The molecule has 0 saturated heterocycles. The Kier molecular flexibility index (Phi) is 4.45. The van der Waals surface area contributed by atoms with Crippen molar-refractivity contribution in [3.63, 3.8) is 0 Å². The van der Waals surface area contributed by atoms with Crippen molar-refractivity contribution < 1.29 is 4.79 Å². The predicted molar refractivity (Wildman–Crippen MR) is 72.4 cm³/mol. The van der Waals surface area contributed by atoms with E-state index in [-0.39, 0.29) is 5.78 Å². The van der Waals surface area contributed by atoms with Crippen LogP contribution in [0.2, 0.25) is 0 Å². The minimum Gasteiger partial charge on any atom is -0.299 e. The maximum absolute atomic E-state index is 11.3. The molecule has 2 rings (SSSR count). The zero-order valence-electron chi connectivity index (χ0n) is 11.2. The second-order valence-electron chi connectivity index (χ2n) is 4.82. The van der Waals surface area contributed by atoms with Gasteiger partial charge >= 0.3 is 0 Å². The van der Waals surface area contributed by atoms with Crippen LogP contribution in [0.25, 0.3) is 0 Å². The van der Waals surface area contributed by atoms with Crippen molar-refractivity contribution in [2.45, 2.75) is 52.0 Å². The van der Waals surface area contributed by atoms with E-state index in [2.05, 4.69) is 23.1 Å². The zero-order chi connectivity index (χ0) is 13.7. The third kappa shape index (κ3) is 3.28. The summed E-state index contributed by atoms with van der Waals surface area (Å²) in [5.41, 5.74) is 1.36. The molecule has 1 aliphatic rings. The van der Waals surface area contributed by atoms with E-state index in [9.17, 15) is 4.79 Å². The summed E-state index contributed by atoms with van der Waals surface area (Å²) < 4.78 is 1.78. The Balaban J connectivity index is 2.19. The number of nitriles is 1. The van der Waals surface area contributed by atoms with Crippen molar-refractivity contribution in [3.05, 3.63) is 11.8 Å². The number of rotatable bonds is 5. The largest absolute Gasteiger partial charge is 0.299 e. The van der Waals surface area contributed by atoms with E-state index >= 15 is 0 Å². The highest BCUT2D eigenvalue weighted by atomic mass is 16.1. The van der Waals surface area contributed by atoms with Crippen molar-refractivity contribution in [1.29, 1.82) is 5.26 Å². The van der Waals surface area contributed by atoms with Crippen molar-refractivity contribution in [1.82, 2.24) is 9.78 Å². The third-order valence-corrected chi connectivity index (χ3v) is 3.26. The number of carbonyl (C=O) groups excluding carboxylic acids is 1. The van der Waals surface area contributed by atoms with Gasteiger partial charge in [0.05, 0.1) is 6.20 Å². The van der Waals surface area contributed by atoms with Crippen LogP contribution in [0.4, 0.5) is 5.82 Å². The quantitative estimate of drug-likeness (QED) is 0.762. The Bertz CT molecular complexity index is 536. The maximum Gasteiger partial charge on any atom is 0.168 e. The number of hydrogen-bond donors (Lipinski definition) is 0. The lowest BCUT2D eigenvalue weighted by molar-refractivity contribution is -0.116. The van der Waals surface area contributed by atoms with Crippen LogP contribution in [0, 0.1) is 11.3 Å². The molecule has 1 heterocycles. The molecule has 0 aliphatic heterocycles. The molecule has 5 heteroatoms. The highest BCUT2D eigenvalue weighted by molar-refractivity contribution is 6.09. The summed E-state index contributed by atoms with van der Waals surface area (Å²) in [5.74, 6) is 0.845. The minimum absolute atomic E-state index is 0.231. The molecule has 1 saturated carbocycles. The van der Waals surface area contributed by atoms with E-state index in [1.54, 1.807) is 10.9 Å². The normalized spacial score (nSPS) is 17.1. The topological polar surface area (TPSA) is 71.0 Å². The number of aryl methyl sites for hydroxylation is 1. The molecule has 5 nitrogen and oxygen atoms in total. The van der Waals surface area contributed by atoms with Gasteiger partial charge in [-0.05, 0) is 12.8 Å². The molecule has 0 atom stereocenters. The first kappa shape index (κ1) is 13.5. The van der Waals surface area contributed by atoms with Crippen LogP contribution in [-0.2, 0) is 11.3 Å². The minimum atomic E-state index is 0.231. The average Bonchev–Trinajstić information content (AvgIpc) is 2.98. The summed E-state index contributed by atoms with van der Waals surface area (Å²) in [5, 5.41) is 13.3. The van der Waals surface area contributed by atoms with Gasteiger partial charge in [-0.1, -0.05) is 19.8 Å². The fourth-order valence-corrected chi connectivity index (χ4v) is 2.18. The van der Waals surface area contributed by atoms with Crippen LogP contribution in [0.3, 0.4) is 0 Å². The fraction of sp³-hybridized carbons (Fsp3) is 0.571. The first-order chi connectivity index (χ1) is 9.24. The summed E-state index contributed by atoms with van der Waals surface area (Å²) in [6.07, 6.45) is 6.57. The van der Waals surface area contributed by atoms with Gasteiger partial charge in [0.15, 0.2) is 5.82 Å². The van der Waals surface area contributed by atoms with Crippen molar-refractivity contribution in [2.24, 2.45) is 4.99 Å². The number of nitrogens with zero attached hydrogens (tertiary/aromatic N) is 4. The summed E-state index contributed by atoms with van der Waals surface area (Å²) in [6.45, 7) is 2.92. The summed E-state index contributed by atoms with van der Waals surface area (Å²) >= 11 is 0. The SMILES string of the molecule is CCCCCn1ncc(C#N)c1N=C1CCC(=O)C1. The number of aromatic nitrogens is 2. The number of ketones is 1. The third-order valence-electron chi connectivity index (χ3n) is 3.26. The second kappa shape index (κ2) is 6.28. The highest BCUT2D eigenvalue weighted by Crippen LogP contribution is 2.22. The Morgan fingerprint density at radius 2 is 2.32 bits per heavy atom. The Hall–Kier alpha value is -1.96. The Morgan fingerprint density at radius 3 is 2.95 bits per heavy atom. The van der Waals surface area contributed by atoms with Gasteiger partial charge < -0.3 is 0 Å². The lowest BCUT2D eigenvalue weighted by atomic mass is 10.2. The molecule has 1 aromatic rings. The van der Waals surface area contributed by atoms with Crippen LogP contribution in [0.1, 0.15) is 51.0 Å². The molecule has 19 heavy (non-hydrogen) atoms. The first-order valence-electron chi connectivity index (χ1n) is 6.78. The molecule has 100 valence electrons. The van der Waals surface area contributed by atoms with Gasteiger partial charge in [0.25, 0.3) is 0 Å². The smallest absolute Gasteiger partial charge is 0.168 e. The van der Waals surface area contributed by atoms with Crippen molar-refractivity contribution >= 4 is 17.3 Å². The summed E-state index contributed by atoms with van der Waals surface area (Å²) in [6, 6.07) is 2.12. The van der Waals surface area contributed by atoms with E-state index in [0.29, 0.717) is 30.6 Å². The first-order valence-corrected chi connectivity index (χ1v) is 6.78. The van der Waals surface area contributed by atoms with Crippen molar-refractivity contribution in [3.8, 4) is 6.07 Å². The number of Topliss-reactive ketones (excluding diaryl/α,β-unsaturated/α-hetero) is 1. The Morgan fingerprint density at radius 1 is 1.47 bits per heavy atom. The molecule has 0 N–H and O–H groups in total. The lowest BCUT2D eigenvalue weighted by Crippen LogP contribution is -2.01. The number of aliphatic imine (C=N–C) groups is 1. The van der Waals surface area contributed by atoms with Crippen LogP contribution >= 0.6 is 0 Å². The van der Waals surface area contributed by atoms with Crippen LogP contribution in [0.15, 0.2) is 11.2 Å². The van der Waals surface area contributed by atoms with Gasteiger partial charge in [0.1, 0.15) is 17.4 Å². The van der Waals surface area contributed by atoms with Crippen molar-refractivity contribution in [2.75, 3.05) is 0 Å². The molecule has 0 bridgehead atoms. The standard InChI is InChI=1S/C14H18N4O/c1-2-3-4-7-18-14(11(9-15)10-16-18)17-12-5-6-13(19)8-12/h10H,2-8H2,1H3. The molecule has 1 fully saturated rings. The zero-order valence-corrected chi connectivity index (χ0v) is 11.2. The number of carbonyl (C=O) groups is 1. The summed E-state index contributed by atoms with van der Waals surface area (Å²) in [4.78, 5) is 15.8.